The third kappa shape index (κ3) is 3.99. The number of anilines is 1. The average Bonchev–Trinajstić information content (AvgIpc) is 2.42. The van der Waals surface area contributed by atoms with Crippen LogP contribution in [0.15, 0.2) is 12.1 Å². The van der Waals surface area contributed by atoms with Crippen LogP contribution >= 0.6 is 0 Å². The van der Waals surface area contributed by atoms with Gasteiger partial charge in [-0.25, -0.2) is 4.79 Å². The molecule has 0 aromatic heterocycles. The van der Waals surface area contributed by atoms with Crippen molar-refractivity contribution in [1.82, 2.24) is 0 Å². The molecule has 0 bridgehead atoms. The molecule has 0 aliphatic rings. The van der Waals surface area contributed by atoms with Crippen LogP contribution in [0.1, 0.15) is 61.0 Å². The van der Waals surface area contributed by atoms with Crippen LogP contribution in [0.25, 0.3) is 0 Å². The second-order valence-corrected chi connectivity index (χ2v) is 5.46. The Bertz CT molecular complexity index is 453. The molecule has 0 aliphatic heterocycles. The Balaban J connectivity index is 3.14. The fourth-order valence-corrected chi connectivity index (χ4v) is 2.70. The van der Waals surface area contributed by atoms with Crippen LogP contribution in [0.4, 0.5) is 5.69 Å². The Morgan fingerprint density at radius 3 is 2.35 bits per heavy atom. The van der Waals surface area contributed by atoms with Crippen LogP contribution in [0.3, 0.4) is 0 Å². The van der Waals surface area contributed by atoms with Crippen LogP contribution in [0.5, 0.6) is 0 Å². The van der Waals surface area contributed by atoms with E-state index in [0.29, 0.717) is 5.56 Å². The highest BCUT2D eigenvalue weighted by atomic mass is 16.4. The molecule has 1 rings (SSSR count). The van der Waals surface area contributed by atoms with Gasteiger partial charge in [0, 0.05) is 14.1 Å². The van der Waals surface area contributed by atoms with Crippen molar-refractivity contribution in [1.29, 1.82) is 0 Å². The number of hydrogen-bond acceptors (Lipinski definition) is 2. The molecule has 1 aromatic carbocycles. The maximum Gasteiger partial charge on any atom is 0.337 e. The fourth-order valence-electron chi connectivity index (χ4n) is 2.70. The van der Waals surface area contributed by atoms with E-state index in [9.17, 15) is 9.90 Å². The smallest absolute Gasteiger partial charge is 0.337 e. The maximum absolute atomic E-state index is 11.4. The monoisotopic (exact) mass is 277 g/mol. The van der Waals surface area contributed by atoms with E-state index in [-0.39, 0.29) is 0 Å². The number of nitrogens with zero attached hydrogens (tertiary/aromatic N) is 1. The fraction of sp³-hybridized carbons (Fsp3) is 0.588. The van der Waals surface area contributed by atoms with Gasteiger partial charge in [-0.3, -0.25) is 0 Å². The summed E-state index contributed by atoms with van der Waals surface area (Å²) in [6, 6.07) is 3.72. The molecule has 1 aromatic rings. The number of aromatic carboxylic acids is 1. The van der Waals surface area contributed by atoms with Gasteiger partial charge in [-0.2, -0.15) is 0 Å². The van der Waals surface area contributed by atoms with Crippen molar-refractivity contribution in [2.45, 2.75) is 52.4 Å². The zero-order valence-electron chi connectivity index (χ0n) is 13.2. The van der Waals surface area contributed by atoms with E-state index >= 15 is 0 Å². The van der Waals surface area contributed by atoms with Gasteiger partial charge in [0.1, 0.15) is 0 Å². The molecule has 0 radical (unpaired) electrons. The predicted molar refractivity (Wildman–Crippen MR) is 85.0 cm³/mol. The minimum absolute atomic E-state index is 0.415. The van der Waals surface area contributed by atoms with Crippen LogP contribution in [0.2, 0.25) is 0 Å². The Morgan fingerprint density at radius 1 is 1.15 bits per heavy atom. The second-order valence-electron chi connectivity index (χ2n) is 5.46. The van der Waals surface area contributed by atoms with Gasteiger partial charge in [0.2, 0.25) is 0 Å². The minimum Gasteiger partial charge on any atom is -0.478 e. The van der Waals surface area contributed by atoms with Crippen LogP contribution in [-0.2, 0) is 12.8 Å². The SMILES string of the molecule is CCCCCCc1c(CC)ccc(C(=O)O)c1N(C)C. The second kappa shape index (κ2) is 7.93. The normalized spacial score (nSPS) is 10.6. The molecule has 3 heteroatoms. The first kappa shape index (κ1) is 16.5. The number of hydrogen-bond donors (Lipinski definition) is 1. The Morgan fingerprint density at radius 2 is 1.85 bits per heavy atom. The van der Waals surface area contributed by atoms with Gasteiger partial charge >= 0.3 is 5.97 Å². The van der Waals surface area contributed by atoms with Crippen molar-refractivity contribution >= 4 is 11.7 Å². The number of carboxylic acids is 1. The van der Waals surface area contributed by atoms with Crippen LogP contribution in [-0.4, -0.2) is 25.2 Å². The quantitative estimate of drug-likeness (QED) is 0.726. The van der Waals surface area contributed by atoms with E-state index < -0.39 is 5.97 Å². The molecule has 1 N–H and O–H groups in total. The molecule has 0 aliphatic carbocycles. The number of benzene rings is 1. The molecule has 20 heavy (non-hydrogen) atoms. The molecule has 0 heterocycles. The molecular formula is C17H27NO2. The summed E-state index contributed by atoms with van der Waals surface area (Å²) in [5.41, 5.74) is 3.79. The molecule has 0 atom stereocenters. The summed E-state index contributed by atoms with van der Waals surface area (Å²) in [6.45, 7) is 4.33. The van der Waals surface area contributed by atoms with E-state index in [4.69, 9.17) is 0 Å². The van der Waals surface area contributed by atoms with Crippen molar-refractivity contribution < 1.29 is 9.90 Å². The Hall–Kier alpha value is -1.51. The van der Waals surface area contributed by atoms with E-state index in [0.717, 1.165) is 24.9 Å². The number of rotatable bonds is 8. The summed E-state index contributed by atoms with van der Waals surface area (Å²) in [6.07, 6.45) is 6.73. The number of aryl methyl sites for hydroxylation is 1. The lowest BCUT2D eigenvalue weighted by molar-refractivity contribution is 0.0697. The number of unbranched alkanes of at least 4 members (excludes halogenated alkanes) is 3. The summed E-state index contributed by atoms with van der Waals surface area (Å²) in [7, 11) is 3.85. The van der Waals surface area contributed by atoms with Gasteiger partial charge in [-0.1, -0.05) is 39.2 Å². The largest absolute Gasteiger partial charge is 0.478 e. The van der Waals surface area contributed by atoms with Crippen LogP contribution < -0.4 is 4.90 Å². The van der Waals surface area contributed by atoms with Crippen molar-refractivity contribution in [3.05, 3.63) is 28.8 Å². The molecular weight excluding hydrogens is 250 g/mol. The highest BCUT2D eigenvalue weighted by Gasteiger charge is 2.18. The van der Waals surface area contributed by atoms with E-state index in [1.807, 2.05) is 25.1 Å². The van der Waals surface area contributed by atoms with Gasteiger partial charge in [0.05, 0.1) is 11.3 Å². The van der Waals surface area contributed by atoms with Crippen LogP contribution in [0, 0.1) is 0 Å². The highest BCUT2D eigenvalue weighted by molar-refractivity contribution is 5.95. The van der Waals surface area contributed by atoms with Crippen molar-refractivity contribution in [2.75, 3.05) is 19.0 Å². The molecule has 0 saturated heterocycles. The first-order valence-corrected chi connectivity index (χ1v) is 7.58. The van der Waals surface area contributed by atoms with Crippen molar-refractivity contribution in [2.24, 2.45) is 0 Å². The highest BCUT2D eigenvalue weighted by Crippen LogP contribution is 2.29. The van der Waals surface area contributed by atoms with E-state index in [1.54, 1.807) is 6.07 Å². The standard InChI is InChI=1S/C17H27NO2/c1-5-7-8-9-10-14-13(6-2)11-12-15(17(19)20)16(14)18(3)4/h11-12H,5-10H2,1-4H3,(H,19,20). The number of carbonyl (C=O) groups is 1. The summed E-state index contributed by atoms with van der Waals surface area (Å²) in [5.74, 6) is -0.842. The third-order valence-electron chi connectivity index (χ3n) is 3.72. The zero-order chi connectivity index (χ0) is 15.1. The van der Waals surface area contributed by atoms with Gasteiger partial charge in [-0.15, -0.1) is 0 Å². The van der Waals surface area contributed by atoms with E-state index in [1.165, 1.54) is 30.4 Å². The lowest BCUT2D eigenvalue weighted by Crippen LogP contribution is -2.17. The first-order valence-electron chi connectivity index (χ1n) is 7.58. The lowest BCUT2D eigenvalue weighted by Gasteiger charge is -2.22. The number of carboxylic acid groups (broad SMARTS) is 1. The predicted octanol–water partition coefficient (Wildman–Crippen LogP) is 4.14. The third-order valence-corrected chi connectivity index (χ3v) is 3.72. The summed E-state index contributed by atoms with van der Waals surface area (Å²) in [5, 5.41) is 9.39. The van der Waals surface area contributed by atoms with E-state index in [2.05, 4.69) is 13.8 Å². The molecule has 0 saturated carbocycles. The molecule has 0 spiro atoms. The zero-order valence-corrected chi connectivity index (χ0v) is 13.2. The Kier molecular flexibility index (Phi) is 6.56. The molecule has 0 fully saturated rings. The first-order chi connectivity index (χ1) is 9.52. The van der Waals surface area contributed by atoms with Gasteiger partial charge in [0.25, 0.3) is 0 Å². The molecule has 0 unspecified atom stereocenters. The summed E-state index contributed by atoms with van der Waals surface area (Å²) < 4.78 is 0. The van der Waals surface area contributed by atoms with Gasteiger partial charge in [0.15, 0.2) is 0 Å². The molecule has 3 nitrogen and oxygen atoms in total. The van der Waals surface area contributed by atoms with Crippen molar-refractivity contribution in [3.8, 4) is 0 Å². The minimum atomic E-state index is -0.842. The summed E-state index contributed by atoms with van der Waals surface area (Å²) >= 11 is 0. The summed E-state index contributed by atoms with van der Waals surface area (Å²) in [4.78, 5) is 13.4. The molecule has 112 valence electrons. The Labute approximate surface area is 122 Å². The molecule has 0 amide bonds. The van der Waals surface area contributed by atoms with Gasteiger partial charge in [-0.05, 0) is 36.5 Å². The van der Waals surface area contributed by atoms with Crippen molar-refractivity contribution in [3.63, 3.8) is 0 Å². The lowest BCUT2D eigenvalue weighted by atomic mass is 9.94. The topological polar surface area (TPSA) is 40.5 Å². The average molecular weight is 277 g/mol. The van der Waals surface area contributed by atoms with Gasteiger partial charge < -0.3 is 10.0 Å². The maximum atomic E-state index is 11.4.